The van der Waals surface area contributed by atoms with Crippen molar-refractivity contribution in [2.75, 3.05) is 14.1 Å². The predicted molar refractivity (Wildman–Crippen MR) is 121 cm³/mol. The minimum Gasteiger partial charge on any atom is -0.488 e. The predicted octanol–water partition coefficient (Wildman–Crippen LogP) is 3.78. The molecule has 1 aliphatic rings. The number of rotatable bonds is 4. The summed E-state index contributed by atoms with van der Waals surface area (Å²) >= 11 is 7.29. The molecule has 0 aliphatic carbocycles. The molecule has 1 saturated heterocycles. The maximum atomic E-state index is 12.4. The summed E-state index contributed by atoms with van der Waals surface area (Å²) in [6.45, 7) is 2.52. The smallest absolute Gasteiger partial charge is 0.265 e. The molecule has 144 valence electrons. The second kappa shape index (κ2) is 8.40. The van der Waals surface area contributed by atoms with Crippen molar-refractivity contribution in [1.82, 2.24) is 9.80 Å². The van der Waals surface area contributed by atoms with Gasteiger partial charge in [-0.15, -0.1) is 0 Å². The molecule has 28 heavy (non-hydrogen) atoms. The lowest BCUT2D eigenvalue weighted by molar-refractivity contribution is -0.132. The molecule has 1 aliphatic heterocycles. The van der Waals surface area contributed by atoms with Crippen LogP contribution in [0.25, 0.3) is 6.08 Å². The van der Waals surface area contributed by atoms with E-state index in [1.54, 1.807) is 20.2 Å². The quantitative estimate of drug-likeness (QED) is 0.274. The fourth-order valence-corrected chi connectivity index (χ4v) is 3.69. The van der Waals surface area contributed by atoms with Crippen LogP contribution in [0.1, 0.15) is 16.7 Å². The maximum Gasteiger partial charge on any atom is 0.265 e. The molecule has 2 aromatic carbocycles. The Morgan fingerprint density at radius 1 is 1.07 bits per heavy atom. The number of hydrogen-bond donors (Lipinski definition) is 0. The number of amides is 2. The van der Waals surface area contributed by atoms with Gasteiger partial charge in [-0.05, 0) is 71.1 Å². The molecule has 2 aromatic rings. The second-order valence-electron chi connectivity index (χ2n) is 6.54. The average Bonchev–Trinajstić information content (AvgIpc) is 2.67. The number of aryl methyl sites for hydroxylation is 1. The SMILES string of the molecule is Cc1cccc(COc2ccc(C=C3C(=O)N(C)C(=S)N(C)C3=O)cc2I)c1. The third-order valence-electron chi connectivity index (χ3n) is 4.39. The minimum atomic E-state index is -0.400. The third-order valence-corrected chi connectivity index (χ3v) is 5.78. The highest BCUT2D eigenvalue weighted by atomic mass is 127. The van der Waals surface area contributed by atoms with Gasteiger partial charge in [0.15, 0.2) is 5.11 Å². The van der Waals surface area contributed by atoms with Crippen LogP contribution >= 0.6 is 34.8 Å². The second-order valence-corrected chi connectivity index (χ2v) is 8.06. The van der Waals surface area contributed by atoms with Crippen LogP contribution in [0.15, 0.2) is 48.0 Å². The van der Waals surface area contributed by atoms with Gasteiger partial charge in [0.1, 0.15) is 17.9 Å². The molecule has 0 atom stereocenters. The largest absolute Gasteiger partial charge is 0.488 e. The lowest BCUT2D eigenvalue weighted by atomic mass is 10.1. The first-order chi connectivity index (χ1) is 13.3. The van der Waals surface area contributed by atoms with Crippen molar-refractivity contribution < 1.29 is 14.3 Å². The van der Waals surface area contributed by atoms with Crippen molar-refractivity contribution in [2.45, 2.75) is 13.5 Å². The van der Waals surface area contributed by atoms with Crippen LogP contribution in [0.4, 0.5) is 0 Å². The molecule has 5 nitrogen and oxygen atoms in total. The molecule has 7 heteroatoms. The van der Waals surface area contributed by atoms with Gasteiger partial charge in [0.25, 0.3) is 11.8 Å². The Morgan fingerprint density at radius 3 is 2.36 bits per heavy atom. The Bertz CT molecular complexity index is 977. The Labute approximate surface area is 183 Å². The van der Waals surface area contributed by atoms with Crippen LogP contribution in [0.2, 0.25) is 0 Å². The van der Waals surface area contributed by atoms with Gasteiger partial charge in [-0.2, -0.15) is 0 Å². The van der Waals surface area contributed by atoms with Crippen LogP contribution < -0.4 is 4.74 Å². The molecule has 0 spiro atoms. The summed E-state index contributed by atoms with van der Waals surface area (Å²) in [5.41, 5.74) is 3.12. The zero-order chi connectivity index (χ0) is 20.4. The van der Waals surface area contributed by atoms with Gasteiger partial charge >= 0.3 is 0 Å². The van der Waals surface area contributed by atoms with Gasteiger partial charge in [-0.3, -0.25) is 19.4 Å². The highest BCUT2D eigenvalue weighted by Crippen LogP contribution is 2.25. The van der Waals surface area contributed by atoms with E-state index in [1.807, 2.05) is 43.3 Å². The number of carbonyl (C=O) groups is 2. The van der Waals surface area contributed by atoms with Crippen molar-refractivity contribution in [1.29, 1.82) is 0 Å². The van der Waals surface area contributed by atoms with Crippen LogP contribution in [0.3, 0.4) is 0 Å². The maximum absolute atomic E-state index is 12.4. The Morgan fingerprint density at radius 2 is 1.75 bits per heavy atom. The van der Waals surface area contributed by atoms with Crippen LogP contribution in [0, 0.1) is 10.5 Å². The zero-order valence-electron chi connectivity index (χ0n) is 15.7. The molecule has 0 saturated carbocycles. The Hall–Kier alpha value is -2.26. The highest BCUT2D eigenvalue weighted by molar-refractivity contribution is 14.1. The fourth-order valence-electron chi connectivity index (χ4n) is 2.83. The molecule has 1 heterocycles. The van der Waals surface area contributed by atoms with Crippen LogP contribution in [-0.2, 0) is 16.2 Å². The summed E-state index contributed by atoms with van der Waals surface area (Å²) < 4.78 is 6.81. The van der Waals surface area contributed by atoms with E-state index in [9.17, 15) is 9.59 Å². The van der Waals surface area contributed by atoms with Crippen molar-refractivity contribution in [3.05, 3.63) is 68.3 Å². The van der Waals surface area contributed by atoms with Gasteiger partial charge in [0.05, 0.1) is 3.57 Å². The molecule has 2 amide bonds. The molecule has 0 bridgehead atoms. The number of nitrogens with zero attached hydrogens (tertiary/aromatic N) is 2. The van der Waals surface area contributed by atoms with Gasteiger partial charge in [0, 0.05) is 14.1 Å². The first-order valence-corrected chi connectivity index (χ1v) is 10.1. The molecule has 0 radical (unpaired) electrons. The summed E-state index contributed by atoms with van der Waals surface area (Å²) in [6, 6.07) is 13.7. The molecule has 3 rings (SSSR count). The topological polar surface area (TPSA) is 49.9 Å². The van der Waals surface area contributed by atoms with Crippen molar-refractivity contribution >= 4 is 57.8 Å². The van der Waals surface area contributed by atoms with Crippen LogP contribution in [0.5, 0.6) is 5.75 Å². The van der Waals surface area contributed by atoms with E-state index in [0.29, 0.717) is 6.61 Å². The summed E-state index contributed by atoms with van der Waals surface area (Å²) in [6.07, 6.45) is 1.59. The lowest BCUT2D eigenvalue weighted by Crippen LogP contribution is -2.52. The van der Waals surface area contributed by atoms with Gasteiger partial charge in [-0.25, -0.2) is 0 Å². The number of halogens is 1. The fraction of sp³-hybridized carbons (Fsp3) is 0.190. The molecular formula is C21H19IN2O3S. The third kappa shape index (κ3) is 4.25. The average molecular weight is 506 g/mol. The van der Waals surface area contributed by atoms with Crippen molar-refractivity contribution in [3.8, 4) is 5.75 Å². The molecule has 0 unspecified atom stereocenters. The monoisotopic (exact) mass is 506 g/mol. The number of carbonyl (C=O) groups excluding carboxylic acids is 2. The Balaban J connectivity index is 1.80. The van der Waals surface area contributed by atoms with Gasteiger partial charge in [-0.1, -0.05) is 35.9 Å². The van der Waals surface area contributed by atoms with Crippen molar-refractivity contribution in [2.24, 2.45) is 0 Å². The van der Waals surface area contributed by atoms with E-state index in [4.69, 9.17) is 17.0 Å². The summed E-state index contributed by atoms with van der Waals surface area (Å²) in [5.74, 6) is -0.0493. The number of benzene rings is 2. The van der Waals surface area contributed by atoms with E-state index >= 15 is 0 Å². The summed E-state index contributed by atoms with van der Waals surface area (Å²) in [4.78, 5) is 27.5. The zero-order valence-corrected chi connectivity index (χ0v) is 18.7. The first-order valence-electron chi connectivity index (χ1n) is 8.57. The minimum absolute atomic E-state index is 0.0860. The number of hydrogen-bond acceptors (Lipinski definition) is 4. The van der Waals surface area contributed by atoms with E-state index in [1.165, 1.54) is 15.4 Å². The summed E-state index contributed by atoms with van der Waals surface area (Å²) in [7, 11) is 3.13. The molecule has 1 fully saturated rings. The number of likely N-dealkylation sites (N-methyl/N-ethyl adjacent to an activating group) is 2. The van der Waals surface area contributed by atoms with Gasteiger partial charge in [0.2, 0.25) is 0 Å². The van der Waals surface area contributed by atoms with E-state index in [2.05, 4.69) is 28.7 Å². The normalized spacial score (nSPS) is 14.6. The van der Waals surface area contributed by atoms with E-state index in [0.717, 1.165) is 20.4 Å². The van der Waals surface area contributed by atoms with Gasteiger partial charge < -0.3 is 4.74 Å². The summed E-state index contributed by atoms with van der Waals surface area (Å²) in [5, 5.41) is 0.196. The Kier molecular flexibility index (Phi) is 6.14. The van der Waals surface area contributed by atoms with E-state index in [-0.39, 0.29) is 10.7 Å². The number of ether oxygens (including phenoxy) is 1. The first kappa shape index (κ1) is 20.5. The standard InChI is InChI=1S/C21H19IN2O3S/c1-13-5-4-6-15(9-13)12-27-18-8-7-14(11-17(18)22)10-16-19(25)23(2)21(28)24(3)20(16)26/h4-11H,12H2,1-3H3. The molecule has 0 N–H and O–H groups in total. The number of thiocarbonyl (C=S) groups is 1. The van der Waals surface area contributed by atoms with E-state index < -0.39 is 11.8 Å². The molecular weight excluding hydrogens is 487 g/mol. The van der Waals surface area contributed by atoms with Crippen LogP contribution in [-0.4, -0.2) is 40.8 Å². The lowest BCUT2D eigenvalue weighted by Gasteiger charge is -2.31. The highest BCUT2D eigenvalue weighted by Gasteiger charge is 2.35. The van der Waals surface area contributed by atoms with Crippen molar-refractivity contribution in [3.63, 3.8) is 0 Å². The molecule has 0 aromatic heterocycles.